The van der Waals surface area contributed by atoms with Crippen LogP contribution in [0.25, 0.3) is 0 Å². The van der Waals surface area contributed by atoms with E-state index in [9.17, 15) is 9.90 Å². The minimum atomic E-state index is -1.36. The van der Waals surface area contributed by atoms with Crippen LogP contribution < -0.4 is 0 Å². The molecule has 0 spiro atoms. The van der Waals surface area contributed by atoms with Gasteiger partial charge >= 0.3 is 5.97 Å². The van der Waals surface area contributed by atoms with Gasteiger partial charge < -0.3 is 14.6 Å². The van der Waals surface area contributed by atoms with Crippen LogP contribution in [0.5, 0.6) is 0 Å². The lowest BCUT2D eigenvalue weighted by Crippen LogP contribution is -2.36. The fraction of sp³-hybridized carbons (Fsp3) is 0.500. The van der Waals surface area contributed by atoms with E-state index in [1.165, 1.54) is 13.1 Å². The molecular formula is C12H17NO4. The molecule has 1 aromatic rings. The quantitative estimate of drug-likeness (QED) is 0.729. The maximum atomic E-state index is 11.3. The highest BCUT2D eigenvalue weighted by atomic mass is 16.5. The van der Waals surface area contributed by atoms with Gasteiger partial charge in [0.15, 0.2) is 5.60 Å². The van der Waals surface area contributed by atoms with Crippen molar-refractivity contribution in [1.29, 1.82) is 0 Å². The zero-order valence-electron chi connectivity index (χ0n) is 10.0. The molecule has 0 saturated carbocycles. The summed E-state index contributed by atoms with van der Waals surface area (Å²) in [5.74, 6) is -1.03. The van der Waals surface area contributed by atoms with Gasteiger partial charge in [-0.25, -0.2) is 4.79 Å². The van der Waals surface area contributed by atoms with Crippen LogP contribution >= 0.6 is 0 Å². The number of pyridine rings is 1. The second-order valence-electron chi connectivity index (χ2n) is 3.77. The topological polar surface area (TPSA) is 68.7 Å². The number of aromatic nitrogens is 1. The van der Waals surface area contributed by atoms with Crippen LogP contribution in [0, 0.1) is 0 Å². The molecule has 17 heavy (non-hydrogen) atoms. The SMILES string of the molecule is COCCCOC(C)(C(=O)O)c1cccnc1. The highest BCUT2D eigenvalue weighted by Gasteiger charge is 2.36. The summed E-state index contributed by atoms with van der Waals surface area (Å²) in [6.45, 7) is 2.40. The van der Waals surface area contributed by atoms with Crippen LogP contribution in [-0.4, -0.2) is 36.4 Å². The van der Waals surface area contributed by atoms with Crippen molar-refractivity contribution in [3.05, 3.63) is 30.1 Å². The van der Waals surface area contributed by atoms with E-state index in [1.807, 2.05) is 0 Å². The Kier molecular flexibility index (Phi) is 5.06. The van der Waals surface area contributed by atoms with Crippen molar-refractivity contribution in [1.82, 2.24) is 4.98 Å². The normalized spacial score (nSPS) is 14.2. The molecular weight excluding hydrogens is 222 g/mol. The van der Waals surface area contributed by atoms with E-state index in [2.05, 4.69) is 4.98 Å². The summed E-state index contributed by atoms with van der Waals surface area (Å²) in [4.78, 5) is 15.2. The molecule has 5 nitrogen and oxygen atoms in total. The summed E-state index contributed by atoms with van der Waals surface area (Å²) >= 11 is 0. The van der Waals surface area contributed by atoms with Crippen molar-refractivity contribution in [3.8, 4) is 0 Å². The molecule has 1 unspecified atom stereocenters. The third-order valence-electron chi connectivity index (χ3n) is 2.50. The minimum absolute atomic E-state index is 0.325. The molecule has 0 amide bonds. The predicted molar refractivity (Wildman–Crippen MR) is 61.7 cm³/mol. The van der Waals surface area contributed by atoms with Crippen molar-refractivity contribution in [2.75, 3.05) is 20.3 Å². The highest BCUT2D eigenvalue weighted by Crippen LogP contribution is 2.25. The maximum Gasteiger partial charge on any atom is 0.340 e. The Morgan fingerprint density at radius 3 is 2.82 bits per heavy atom. The largest absolute Gasteiger partial charge is 0.479 e. The lowest BCUT2D eigenvalue weighted by Gasteiger charge is -2.25. The molecule has 0 fully saturated rings. The van der Waals surface area contributed by atoms with Crippen LogP contribution in [0.3, 0.4) is 0 Å². The molecule has 0 aliphatic rings. The van der Waals surface area contributed by atoms with Gasteiger partial charge in [-0.15, -0.1) is 0 Å². The van der Waals surface area contributed by atoms with Gasteiger partial charge in [-0.05, 0) is 19.4 Å². The van der Waals surface area contributed by atoms with Gasteiger partial charge in [0.2, 0.25) is 0 Å². The Balaban J connectivity index is 2.73. The summed E-state index contributed by atoms with van der Waals surface area (Å²) in [6.07, 6.45) is 3.75. The number of hydrogen-bond donors (Lipinski definition) is 1. The Bertz CT molecular complexity index is 355. The first-order chi connectivity index (χ1) is 8.11. The molecule has 1 atom stereocenters. The smallest absolute Gasteiger partial charge is 0.340 e. The molecule has 1 aromatic heterocycles. The van der Waals surface area contributed by atoms with Crippen LogP contribution in [0.4, 0.5) is 0 Å². The summed E-state index contributed by atoms with van der Waals surface area (Å²) in [6, 6.07) is 3.38. The monoisotopic (exact) mass is 239 g/mol. The third kappa shape index (κ3) is 3.51. The number of aliphatic carboxylic acids is 1. The Morgan fingerprint density at radius 2 is 2.29 bits per heavy atom. The van der Waals surface area contributed by atoms with Crippen LogP contribution in [0.1, 0.15) is 18.9 Å². The van der Waals surface area contributed by atoms with Crippen LogP contribution in [0.2, 0.25) is 0 Å². The van der Waals surface area contributed by atoms with E-state index < -0.39 is 11.6 Å². The fourth-order valence-electron chi connectivity index (χ4n) is 1.39. The van der Waals surface area contributed by atoms with Gasteiger partial charge in [0.25, 0.3) is 0 Å². The molecule has 5 heteroatoms. The van der Waals surface area contributed by atoms with E-state index in [0.29, 0.717) is 25.2 Å². The summed E-state index contributed by atoms with van der Waals surface area (Å²) < 4.78 is 10.3. The summed E-state index contributed by atoms with van der Waals surface area (Å²) in [5, 5.41) is 9.26. The number of ether oxygens (including phenoxy) is 2. The van der Waals surface area contributed by atoms with E-state index in [4.69, 9.17) is 9.47 Å². The fourth-order valence-corrected chi connectivity index (χ4v) is 1.39. The number of carbonyl (C=O) groups is 1. The Hall–Kier alpha value is -1.46. The molecule has 1 heterocycles. The lowest BCUT2D eigenvalue weighted by atomic mass is 9.98. The number of hydrogen-bond acceptors (Lipinski definition) is 4. The Morgan fingerprint density at radius 1 is 1.53 bits per heavy atom. The zero-order chi connectivity index (χ0) is 12.7. The first kappa shape index (κ1) is 13.6. The number of nitrogens with zero attached hydrogens (tertiary/aromatic N) is 1. The molecule has 1 rings (SSSR count). The summed E-state index contributed by atoms with van der Waals surface area (Å²) in [5.41, 5.74) is -0.827. The second-order valence-corrected chi connectivity index (χ2v) is 3.77. The van der Waals surface area contributed by atoms with E-state index in [-0.39, 0.29) is 0 Å². The summed E-state index contributed by atoms with van der Waals surface area (Å²) in [7, 11) is 1.59. The van der Waals surface area contributed by atoms with Crippen molar-refractivity contribution >= 4 is 5.97 Å². The highest BCUT2D eigenvalue weighted by molar-refractivity contribution is 5.78. The molecule has 0 aromatic carbocycles. The number of methoxy groups -OCH3 is 1. The van der Waals surface area contributed by atoms with Crippen LogP contribution in [0.15, 0.2) is 24.5 Å². The van der Waals surface area contributed by atoms with Crippen LogP contribution in [-0.2, 0) is 19.9 Å². The van der Waals surface area contributed by atoms with E-state index in [1.54, 1.807) is 25.4 Å². The number of carboxylic acid groups (broad SMARTS) is 1. The standard InChI is InChI=1S/C12H17NO4/c1-12(11(14)15,17-8-4-7-16-2)10-5-3-6-13-9-10/h3,5-6,9H,4,7-8H2,1-2H3,(H,14,15). The Labute approximate surface area is 100 Å². The van der Waals surface area contributed by atoms with Gasteiger partial charge in [0.05, 0.1) is 6.61 Å². The molecule has 0 aliphatic carbocycles. The lowest BCUT2D eigenvalue weighted by molar-refractivity contribution is -0.165. The van der Waals surface area contributed by atoms with Gasteiger partial charge in [-0.2, -0.15) is 0 Å². The molecule has 0 aliphatic heterocycles. The van der Waals surface area contributed by atoms with Gasteiger partial charge in [-0.1, -0.05) is 6.07 Å². The first-order valence-electron chi connectivity index (χ1n) is 5.38. The van der Waals surface area contributed by atoms with Gasteiger partial charge in [0.1, 0.15) is 0 Å². The third-order valence-corrected chi connectivity index (χ3v) is 2.50. The minimum Gasteiger partial charge on any atom is -0.479 e. The van der Waals surface area contributed by atoms with Crippen molar-refractivity contribution in [3.63, 3.8) is 0 Å². The second kappa shape index (κ2) is 6.32. The average Bonchev–Trinajstić information content (AvgIpc) is 2.35. The zero-order valence-corrected chi connectivity index (χ0v) is 10.0. The molecule has 0 bridgehead atoms. The van der Waals surface area contributed by atoms with Gasteiger partial charge in [0, 0.05) is 31.7 Å². The van der Waals surface area contributed by atoms with Crippen molar-refractivity contribution in [2.45, 2.75) is 18.9 Å². The van der Waals surface area contributed by atoms with E-state index >= 15 is 0 Å². The van der Waals surface area contributed by atoms with Crippen molar-refractivity contribution in [2.24, 2.45) is 0 Å². The number of carboxylic acids is 1. The van der Waals surface area contributed by atoms with E-state index in [0.717, 1.165) is 0 Å². The molecule has 0 radical (unpaired) electrons. The molecule has 0 saturated heterocycles. The van der Waals surface area contributed by atoms with Crippen molar-refractivity contribution < 1.29 is 19.4 Å². The first-order valence-corrected chi connectivity index (χ1v) is 5.38. The molecule has 1 N–H and O–H groups in total. The maximum absolute atomic E-state index is 11.3. The van der Waals surface area contributed by atoms with Gasteiger partial charge in [-0.3, -0.25) is 4.98 Å². The predicted octanol–water partition coefficient (Wildman–Crippen LogP) is 1.43. The average molecular weight is 239 g/mol. The molecule has 94 valence electrons. The number of rotatable bonds is 7.